The molecule has 110 valence electrons. The Balaban J connectivity index is 1.80. The van der Waals surface area contributed by atoms with E-state index in [1.54, 1.807) is 0 Å². The number of carbonyl (C=O) groups is 1. The van der Waals surface area contributed by atoms with Crippen LogP contribution in [0.3, 0.4) is 0 Å². The highest BCUT2D eigenvalue weighted by molar-refractivity contribution is 5.74. The Morgan fingerprint density at radius 3 is 2.26 bits per heavy atom. The molecule has 1 rings (SSSR count). The van der Waals surface area contributed by atoms with Gasteiger partial charge in [0.2, 0.25) is 0 Å². The van der Waals surface area contributed by atoms with Gasteiger partial charge in [-0.1, -0.05) is 70.4 Å². The molecule has 1 aliphatic carbocycles. The topological polar surface area (TPSA) is 26.3 Å². The second kappa shape index (κ2) is 11.1. The van der Waals surface area contributed by atoms with Crippen molar-refractivity contribution >= 4 is 5.97 Å². The number of hydrogen-bond donors (Lipinski definition) is 0. The van der Waals surface area contributed by atoms with Crippen molar-refractivity contribution in [3.05, 3.63) is 12.2 Å². The third-order valence-electron chi connectivity index (χ3n) is 3.81. The molecule has 0 fully saturated rings. The van der Waals surface area contributed by atoms with E-state index in [0.29, 0.717) is 6.61 Å². The summed E-state index contributed by atoms with van der Waals surface area (Å²) in [6, 6.07) is 0. The second-order valence-corrected chi connectivity index (χ2v) is 5.61. The highest BCUT2D eigenvalue weighted by Crippen LogP contribution is 2.18. The molecule has 0 radical (unpaired) electrons. The highest BCUT2D eigenvalue weighted by Gasteiger charge is 2.18. The Hall–Kier alpha value is -0.790. The third-order valence-corrected chi connectivity index (χ3v) is 3.81. The van der Waals surface area contributed by atoms with Crippen LogP contribution >= 0.6 is 0 Å². The standard InChI is InChI=1S/C17H30O2/c1-2-3-4-5-6-7-8-9-12-15-19-17(18)16-13-10-11-14-16/h10,13,16H,2-9,11-12,14-15H2,1H3. The lowest BCUT2D eigenvalue weighted by Gasteiger charge is -2.08. The van der Waals surface area contributed by atoms with Crippen LogP contribution in [0, 0.1) is 5.92 Å². The van der Waals surface area contributed by atoms with Gasteiger partial charge < -0.3 is 4.74 Å². The summed E-state index contributed by atoms with van der Waals surface area (Å²) in [7, 11) is 0. The van der Waals surface area contributed by atoms with Crippen molar-refractivity contribution in [2.45, 2.75) is 77.6 Å². The molecular formula is C17H30O2. The summed E-state index contributed by atoms with van der Waals surface area (Å²) < 4.78 is 5.30. The van der Waals surface area contributed by atoms with Crippen LogP contribution in [0.15, 0.2) is 12.2 Å². The van der Waals surface area contributed by atoms with Gasteiger partial charge in [-0.25, -0.2) is 0 Å². The number of rotatable bonds is 11. The molecule has 1 aliphatic rings. The summed E-state index contributed by atoms with van der Waals surface area (Å²) in [5.74, 6) is 0.0203. The van der Waals surface area contributed by atoms with Gasteiger partial charge in [-0.2, -0.15) is 0 Å². The first-order valence-corrected chi connectivity index (χ1v) is 8.18. The van der Waals surface area contributed by atoms with E-state index in [1.165, 1.54) is 51.4 Å². The van der Waals surface area contributed by atoms with E-state index in [4.69, 9.17) is 4.74 Å². The summed E-state index contributed by atoms with van der Waals surface area (Å²) in [4.78, 5) is 11.6. The number of unbranched alkanes of at least 4 members (excludes halogenated alkanes) is 8. The number of carbonyl (C=O) groups excluding carboxylic acids is 1. The maximum Gasteiger partial charge on any atom is 0.312 e. The van der Waals surface area contributed by atoms with Crippen molar-refractivity contribution in [3.8, 4) is 0 Å². The first kappa shape index (κ1) is 16.3. The average Bonchev–Trinajstić information content (AvgIpc) is 2.95. The predicted molar refractivity (Wildman–Crippen MR) is 80.1 cm³/mol. The minimum absolute atomic E-state index is 0.0201. The van der Waals surface area contributed by atoms with Crippen LogP contribution in [0.4, 0.5) is 0 Å². The van der Waals surface area contributed by atoms with E-state index in [1.807, 2.05) is 6.08 Å². The third kappa shape index (κ3) is 8.07. The monoisotopic (exact) mass is 266 g/mol. The van der Waals surface area contributed by atoms with Crippen molar-refractivity contribution < 1.29 is 9.53 Å². The molecule has 0 aromatic carbocycles. The molecule has 2 nitrogen and oxygen atoms in total. The minimum atomic E-state index is -0.0201. The van der Waals surface area contributed by atoms with Crippen molar-refractivity contribution in [3.63, 3.8) is 0 Å². The SMILES string of the molecule is CCCCCCCCCCCOC(=O)C1C=CCC1. The summed E-state index contributed by atoms with van der Waals surface area (Å²) in [6.07, 6.45) is 17.7. The maximum atomic E-state index is 11.6. The van der Waals surface area contributed by atoms with Crippen LogP contribution < -0.4 is 0 Å². The van der Waals surface area contributed by atoms with E-state index in [-0.39, 0.29) is 11.9 Å². The predicted octanol–water partition coefficient (Wildman–Crippen LogP) is 5.03. The molecule has 19 heavy (non-hydrogen) atoms. The van der Waals surface area contributed by atoms with Gasteiger partial charge in [0.15, 0.2) is 0 Å². The van der Waals surface area contributed by atoms with E-state index in [9.17, 15) is 4.79 Å². The van der Waals surface area contributed by atoms with Crippen LogP contribution in [0.25, 0.3) is 0 Å². The lowest BCUT2D eigenvalue weighted by Crippen LogP contribution is -2.14. The van der Waals surface area contributed by atoms with Crippen LogP contribution in [0.5, 0.6) is 0 Å². The Labute approximate surface area is 118 Å². The van der Waals surface area contributed by atoms with Crippen LogP contribution in [-0.4, -0.2) is 12.6 Å². The van der Waals surface area contributed by atoms with Crippen LogP contribution in [0.2, 0.25) is 0 Å². The lowest BCUT2D eigenvalue weighted by atomic mass is 10.1. The van der Waals surface area contributed by atoms with Crippen molar-refractivity contribution in [1.29, 1.82) is 0 Å². The zero-order valence-electron chi connectivity index (χ0n) is 12.5. The maximum absolute atomic E-state index is 11.6. The first-order valence-electron chi connectivity index (χ1n) is 8.18. The van der Waals surface area contributed by atoms with E-state index in [2.05, 4.69) is 13.0 Å². The molecule has 1 atom stereocenters. The molecular weight excluding hydrogens is 236 g/mol. The number of esters is 1. The molecule has 0 heterocycles. The number of allylic oxidation sites excluding steroid dienone is 1. The summed E-state index contributed by atoms with van der Waals surface area (Å²) >= 11 is 0. The molecule has 0 spiro atoms. The van der Waals surface area contributed by atoms with Crippen LogP contribution in [0.1, 0.15) is 77.6 Å². The lowest BCUT2D eigenvalue weighted by molar-refractivity contribution is -0.146. The fraction of sp³-hybridized carbons (Fsp3) is 0.824. The van der Waals surface area contributed by atoms with Gasteiger partial charge in [0.25, 0.3) is 0 Å². The molecule has 0 N–H and O–H groups in total. The molecule has 0 saturated heterocycles. The normalized spacial score (nSPS) is 17.8. The van der Waals surface area contributed by atoms with Gasteiger partial charge in [0.05, 0.1) is 12.5 Å². The minimum Gasteiger partial charge on any atom is -0.465 e. The van der Waals surface area contributed by atoms with E-state index >= 15 is 0 Å². The molecule has 0 aromatic rings. The molecule has 2 heteroatoms. The molecule has 0 aromatic heterocycles. The van der Waals surface area contributed by atoms with Crippen molar-refractivity contribution in [2.24, 2.45) is 5.92 Å². The Morgan fingerprint density at radius 1 is 1.05 bits per heavy atom. The fourth-order valence-corrected chi connectivity index (χ4v) is 2.52. The molecule has 0 bridgehead atoms. The zero-order valence-corrected chi connectivity index (χ0v) is 12.5. The number of hydrogen-bond acceptors (Lipinski definition) is 2. The second-order valence-electron chi connectivity index (χ2n) is 5.61. The van der Waals surface area contributed by atoms with Gasteiger partial charge in [-0.15, -0.1) is 0 Å². The van der Waals surface area contributed by atoms with E-state index < -0.39 is 0 Å². The van der Waals surface area contributed by atoms with Gasteiger partial charge in [0.1, 0.15) is 0 Å². The summed E-state index contributed by atoms with van der Waals surface area (Å²) in [5.41, 5.74) is 0. The Kier molecular flexibility index (Phi) is 9.48. The first-order chi connectivity index (χ1) is 9.34. The van der Waals surface area contributed by atoms with Crippen molar-refractivity contribution in [1.82, 2.24) is 0 Å². The van der Waals surface area contributed by atoms with Gasteiger partial charge in [-0.3, -0.25) is 4.79 Å². The number of ether oxygens (including phenoxy) is 1. The molecule has 0 amide bonds. The molecule has 0 aliphatic heterocycles. The Morgan fingerprint density at radius 2 is 1.68 bits per heavy atom. The quantitative estimate of drug-likeness (QED) is 0.298. The van der Waals surface area contributed by atoms with Gasteiger partial charge in [-0.05, 0) is 19.3 Å². The smallest absolute Gasteiger partial charge is 0.312 e. The largest absolute Gasteiger partial charge is 0.465 e. The summed E-state index contributed by atoms with van der Waals surface area (Å²) in [6.45, 7) is 2.86. The van der Waals surface area contributed by atoms with Gasteiger partial charge >= 0.3 is 5.97 Å². The van der Waals surface area contributed by atoms with Gasteiger partial charge in [0, 0.05) is 0 Å². The Bertz CT molecular complexity index is 258. The molecule has 1 unspecified atom stereocenters. The highest BCUT2D eigenvalue weighted by atomic mass is 16.5. The fourth-order valence-electron chi connectivity index (χ4n) is 2.52. The molecule has 0 saturated carbocycles. The average molecular weight is 266 g/mol. The van der Waals surface area contributed by atoms with E-state index in [0.717, 1.165) is 19.3 Å². The zero-order chi connectivity index (χ0) is 13.8. The van der Waals surface area contributed by atoms with Crippen LogP contribution in [-0.2, 0) is 9.53 Å². The van der Waals surface area contributed by atoms with Crippen molar-refractivity contribution in [2.75, 3.05) is 6.61 Å². The summed E-state index contributed by atoms with van der Waals surface area (Å²) in [5, 5.41) is 0.